The number of aromatic amines is 1. The van der Waals surface area contributed by atoms with Crippen LogP contribution < -0.4 is 10.2 Å². The third-order valence-corrected chi connectivity index (χ3v) is 3.53. The van der Waals surface area contributed by atoms with Crippen LogP contribution in [0.3, 0.4) is 0 Å². The first-order valence-corrected chi connectivity index (χ1v) is 5.33. The van der Waals surface area contributed by atoms with Crippen molar-refractivity contribution in [3.05, 3.63) is 12.3 Å². The summed E-state index contributed by atoms with van der Waals surface area (Å²) in [5.41, 5.74) is -0.140. The highest BCUT2D eigenvalue weighted by molar-refractivity contribution is 5.86. The van der Waals surface area contributed by atoms with Gasteiger partial charge in [0, 0.05) is 31.9 Å². The Balaban J connectivity index is 1.81. The van der Waals surface area contributed by atoms with E-state index in [0.717, 1.165) is 38.3 Å². The molecule has 2 aliphatic heterocycles. The quantitative estimate of drug-likeness (QED) is 0.686. The van der Waals surface area contributed by atoms with Gasteiger partial charge in [-0.25, -0.2) is 0 Å². The topological polar surface area (TPSA) is 61.0 Å². The smallest absolute Gasteiger partial charge is 0.228 e. The van der Waals surface area contributed by atoms with Crippen LogP contribution >= 0.6 is 0 Å². The summed E-state index contributed by atoms with van der Waals surface area (Å²) in [7, 11) is 0. The maximum Gasteiger partial charge on any atom is 0.228 e. The molecule has 5 nitrogen and oxygen atoms in total. The molecule has 0 radical (unpaired) electrons. The molecular formula is C10H14N4O. The molecule has 0 bridgehead atoms. The van der Waals surface area contributed by atoms with Crippen molar-refractivity contribution in [3.8, 4) is 0 Å². The second-order valence-electron chi connectivity index (χ2n) is 4.39. The van der Waals surface area contributed by atoms with Crippen LogP contribution in [0, 0.1) is 5.41 Å². The van der Waals surface area contributed by atoms with E-state index in [0.29, 0.717) is 0 Å². The van der Waals surface area contributed by atoms with Crippen molar-refractivity contribution in [3.63, 3.8) is 0 Å². The maximum atomic E-state index is 11.7. The lowest BCUT2D eigenvalue weighted by Gasteiger charge is -2.20. The predicted molar refractivity (Wildman–Crippen MR) is 55.5 cm³/mol. The Morgan fingerprint density at radius 2 is 2.40 bits per heavy atom. The molecule has 80 valence electrons. The molecule has 0 aromatic carbocycles. The van der Waals surface area contributed by atoms with E-state index in [2.05, 4.69) is 20.4 Å². The van der Waals surface area contributed by atoms with Crippen molar-refractivity contribution in [1.29, 1.82) is 0 Å². The zero-order valence-electron chi connectivity index (χ0n) is 8.49. The van der Waals surface area contributed by atoms with Gasteiger partial charge in [0.25, 0.3) is 0 Å². The number of anilines is 1. The fraction of sp³-hybridized carbons (Fsp3) is 0.600. The van der Waals surface area contributed by atoms with Crippen LogP contribution in [-0.4, -0.2) is 35.7 Å². The zero-order chi connectivity index (χ0) is 10.3. The van der Waals surface area contributed by atoms with Crippen molar-refractivity contribution in [2.24, 2.45) is 5.41 Å². The van der Waals surface area contributed by atoms with Crippen molar-refractivity contribution < 1.29 is 4.79 Å². The molecule has 1 spiro atoms. The molecule has 2 saturated heterocycles. The largest absolute Gasteiger partial charge is 0.356 e. The molecule has 3 heterocycles. The molecule has 1 atom stereocenters. The van der Waals surface area contributed by atoms with Crippen molar-refractivity contribution >= 4 is 11.7 Å². The minimum absolute atomic E-state index is 0.140. The summed E-state index contributed by atoms with van der Waals surface area (Å²) in [5, 5.41) is 9.88. The maximum absolute atomic E-state index is 11.7. The van der Waals surface area contributed by atoms with E-state index in [-0.39, 0.29) is 11.3 Å². The van der Waals surface area contributed by atoms with E-state index >= 15 is 0 Å². The number of aromatic nitrogens is 2. The van der Waals surface area contributed by atoms with Crippen LogP contribution in [0.15, 0.2) is 12.3 Å². The number of hydrogen-bond acceptors (Lipinski definition) is 3. The number of nitrogens with zero attached hydrogens (tertiary/aromatic N) is 2. The summed E-state index contributed by atoms with van der Waals surface area (Å²) in [5.74, 6) is 1.17. The second kappa shape index (κ2) is 2.98. The number of H-pyrrole nitrogens is 1. The number of hydrogen-bond donors (Lipinski definition) is 2. The molecule has 2 N–H and O–H groups in total. The van der Waals surface area contributed by atoms with Gasteiger partial charge in [0.15, 0.2) is 0 Å². The van der Waals surface area contributed by atoms with E-state index in [9.17, 15) is 4.79 Å². The first kappa shape index (κ1) is 8.76. The summed E-state index contributed by atoms with van der Waals surface area (Å²) >= 11 is 0. The van der Waals surface area contributed by atoms with Crippen LogP contribution in [0.5, 0.6) is 0 Å². The van der Waals surface area contributed by atoms with E-state index in [4.69, 9.17) is 0 Å². The fourth-order valence-corrected chi connectivity index (χ4v) is 2.60. The van der Waals surface area contributed by atoms with Crippen molar-refractivity contribution in [2.75, 3.05) is 24.5 Å². The summed E-state index contributed by atoms with van der Waals surface area (Å²) in [6, 6.07) is 1.95. The molecule has 0 aliphatic carbocycles. The highest BCUT2D eigenvalue weighted by Crippen LogP contribution is 2.38. The number of nitrogens with one attached hydrogen (secondary N) is 2. The Morgan fingerprint density at radius 1 is 1.47 bits per heavy atom. The summed E-state index contributed by atoms with van der Waals surface area (Å²) in [6.07, 6.45) is 3.73. The Kier molecular flexibility index (Phi) is 1.74. The Bertz CT molecular complexity index is 375. The van der Waals surface area contributed by atoms with Gasteiger partial charge < -0.3 is 10.2 Å². The van der Waals surface area contributed by atoms with Crippen LogP contribution in [0.25, 0.3) is 0 Å². The lowest BCUT2D eigenvalue weighted by atomic mass is 9.86. The van der Waals surface area contributed by atoms with Crippen LogP contribution in [0.1, 0.15) is 12.8 Å². The van der Waals surface area contributed by atoms with Gasteiger partial charge >= 0.3 is 0 Å². The number of amides is 1. The molecular weight excluding hydrogens is 192 g/mol. The molecule has 3 rings (SSSR count). The van der Waals surface area contributed by atoms with E-state index in [1.807, 2.05) is 12.3 Å². The molecule has 15 heavy (non-hydrogen) atoms. The number of carbonyl (C=O) groups excluding carboxylic acids is 1. The molecule has 0 saturated carbocycles. The molecule has 2 fully saturated rings. The third kappa shape index (κ3) is 1.22. The molecule has 2 aliphatic rings. The summed E-state index contributed by atoms with van der Waals surface area (Å²) in [6.45, 7) is 2.56. The SMILES string of the molecule is O=C1NCCC12CCN(c1cc[nH]n1)C2. The lowest BCUT2D eigenvalue weighted by molar-refractivity contribution is -0.126. The Labute approximate surface area is 87.8 Å². The van der Waals surface area contributed by atoms with Gasteiger partial charge in [-0.3, -0.25) is 9.89 Å². The van der Waals surface area contributed by atoms with Gasteiger partial charge in [0.2, 0.25) is 5.91 Å². The first-order chi connectivity index (χ1) is 7.30. The van der Waals surface area contributed by atoms with Crippen molar-refractivity contribution in [1.82, 2.24) is 15.5 Å². The molecule has 5 heteroatoms. The summed E-state index contributed by atoms with van der Waals surface area (Å²) in [4.78, 5) is 13.9. The minimum atomic E-state index is -0.140. The average Bonchev–Trinajstić information content (AvgIpc) is 2.92. The van der Waals surface area contributed by atoms with Crippen LogP contribution in [0.4, 0.5) is 5.82 Å². The van der Waals surface area contributed by atoms with Gasteiger partial charge in [-0.15, -0.1) is 0 Å². The average molecular weight is 206 g/mol. The molecule has 1 aromatic heterocycles. The molecule has 1 unspecified atom stereocenters. The van der Waals surface area contributed by atoms with Gasteiger partial charge in [-0.2, -0.15) is 5.10 Å². The number of carbonyl (C=O) groups is 1. The normalized spacial score (nSPS) is 30.1. The van der Waals surface area contributed by atoms with Crippen molar-refractivity contribution in [2.45, 2.75) is 12.8 Å². The predicted octanol–water partition coefficient (Wildman–Crippen LogP) is 0.126. The Hall–Kier alpha value is -1.52. The van der Waals surface area contributed by atoms with E-state index in [1.54, 1.807) is 0 Å². The molecule has 1 amide bonds. The van der Waals surface area contributed by atoms with E-state index < -0.39 is 0 Å². The Morgan fingerprint density at radius 3 is 3.07 bits per heavy atom. The second-order valence-corrected chi connectivity index (χ2v) is 4.39. The number of rotatable bonds is 1. The monoisotopic (exact) mass is 206 g/mol. The standard InChI is InChI=1S/C10H14N4O/c15-9-10(2-5-11-9)3-6-14(7-10)8-1-4-12-13-8/h1,4H,2-3,5-7H2,(H,11,15)(H,12,13). The van der Waals surface area contributed by atoms with Gasteiger partial charge in [-0.05, 0) is 12.8 Å². The highest BCUT2D eigenvalue weighted by Gasteiger charge is 2.47. The lowest BCUT2D eigenvalue weighted by Crippen LogP contribution is -2.34. The van der Waals surface area contributed by atoms with Crippen LogP contribution in [0.2, 0.25) is 0 Å². The van der Waals surface area contributed by atoms with Gasteiger partial charge in [0.1, 0.15) is 5.82 Å². The van der Waals surface area contributed by atoms with Gasteiger partial charge in [0.05, 0.1) is 5.41 Å². The zero-order valence-corrected chi connectivity index (χ0v) is 8.49. The van der Waals surface area contributed by atoms with Gasteiger partial charge in [-0.1, -0.05) is 0 Å². The highest BCUT2D eigenvalue weighted by atomic mass is 16.2. The summed E-state index contributed by atoms with van der Waals surface area (Å²) < 4.78 is 0. The molecule has 1 aromatic rings. The fourth-order valence-electron chi connectivity index (χ4n) is 2.60. The first-order valence-electron chi connectivity index (χ1n) is 5.33. The minimum Gasteiger partial charge on any atom is -0.356 e. The third-order valence-electron chi connectivity index (χ3n) is 3.53. The van der Waals surface area contributed by atoms with Crippen LogP contribution in [-0.2, 0) is 4.79 Å². The van der Waals surface area contributed by atoms with E-state index in [1.165, 1.54) is 0 Å².